The lowest BCUT2D eigenvalue weighted by Crippen LogP contribution is -2.39. The number of esters is 1. The Hall–Kier alpha value is -3.36. The zero-order valence-electron chi connectivity index (χ0n) is 18.8. The highest BCUT2D eigenvalue weighted by Gasteiger charge is 2.25. The molecule has 9 heteroatoms. The van der Waals surface area contributed by atoms with Gasteiger partial charge in [-0.25, -0.2) is 4.79 Å². The predicted molar refractivity (Wildman–Crippen MR) is 116 cm³/mol. The second-order valence-corrected chi connectivity index (χ2v) is 8.06. The van der Waals surface area contributed by atoms with Crippen molar-refractivity contribution in [1.82, 2.24) is 4.90 Å². The minimum absolute atomic E-state index is 0.0225. The van der Waals surface area contributed by atoms with Gasteiger partial charge in [0.1, 0.15) is 18.8 Å². The molecule has 1 aromatic carbocycles. The zero-order valence-corrected chi connectivity index (χ0v) is 18.8. The summed E-state index contributed by atoms with van der Waals surface area (Å²) < 4.78 is 10.6. The Morgan fingerprint density at radius 1 is 1.00 bits per heavy atom. The van der Waals surface area contributed by atoms with E-state index in [0.29, 0.717) is 30.8 Å². The van der Waals surface area contributed by atoms with E-state index in [4.69, 9.17) is 19.7 Å². The molecule has 0 aliphatic heterocycles. The van der Waals surface area contributed by atoms with Crippen LogP contribution in [0.5, 0.6) is 5.75 Å². The van der Waals surface area contributed by atoms with E-state index in [-0.39, 0.29) is 13.0 Å². The molecule has 0 radical (unpaired) electrons. The van der Waals surface area contributed by atoms with Crippen molar-refractivity contribution in [3.05, 3.63) is 42.0 Å². The fourth-order valence-electron chi connectivity index (χ4n) is 2.82. The minimum Gasteiger partial charge on any atom is -0.493 e. The van der Waals surface area contributed by atoms with E-state index in [9.17, 15) is 19.2 Å². The maximum atomic E-state index is 12.3. The molecule has 9 nitrogen and oxygen atoms in total. The van der Waals surface area contributed by atoms with E-state index in [1.807, 2.05) is 26.0 Å². The molecule has 0 heterocycles. The lowest BCUT2D eigenvalue weighted by molar-refractivity contribution is -0.149. The molecule has 0 aliphatic carbocycles. The lowest BCUT2D eigenvalue weighted by atomic mass is 9.80. The third-order valence-corrected chi connectivity index (χ3v) is 4.74. The molecule has 0 bridgehead atoms. The van der Waals surface area contributed by atoms with E-state index in [1.165, 1.54) is 0 Å². The van der Waals surface area contributed by atoms with Crippen LogP contribution in [0.1, 0.15) is 45.6 Å². The van der Waals surface area contributed by atoms with Crippen molar-refractivity contribution in [3.8, 4) is 5.75 Å². The van der Waals surface area contributed by atoms with Gasteiger partial charge in [0.2, 0.25) is 5.91 Å². The van der Waals surface area contributed by atoms with E-state index < -0.39 is 42.3 Å². The summed E-state index contributed by atoms with van der Waals surface area (Å²) in [6.07, 6.45) is 0.974. The van der Waals surface area contributed by atoms with Crippen LogP contribution in [0.4, 0.5) is 0 Å². The predicted octanol–water partition coefficient (Wildman–Crippen LogP) is 2.63. The highest BCUT2D eigenvalue weighted by atomic mass is 16.5. The molecule has 0 fully saturated rings. The van der Waals surface area contributed by atoms with Crippen LogP contribution in [-0.2, 0) is 29.3 Å². The average molecular weight is 450 g/mol. The Balaban J connectivity index is 2.56. The number of amides is 1. The van der Waals surface area contributed by atoms with Crippen LogP contribution in [-0.4, -0.2) is 65.2 Å². The number of carboxylic acid groups (broad SMARTS) is 2. The van der Waals surface area contributed by atoms with Gasteiger partial charge in [0.15, 0.2) is 0 Å². The van der Waals surface area contributed by atoms with Crippen LogP contribution < -0.4 is 4.74 Å². The average Bonchev–Trinajstić information content (AvgIpc) is 2.70. The van der Waals surface area contributed by atoms with Gasteiger partial charge in [0.25, 0.3) is 0 Å². The summed E-state index contributed by atoms with van der Waals surface area (Å²) in [4.78, 5) is 46.2. The van der Waals surface area contributed by atoms with Gasteiger partial charge in [-0.2, -0.15) is 0 Å². The molecule has 32 heavy (non-hydrogen) atoms. The van der Waals surface area contributed by atoms with Crippen LogP contribution in [0.25, 0.3) is 0 Å². The Kier molecular flexibility index (Phi) is 10.4. The van der Waals surface area contributed by atoms with E-state index >= 15 is 0 Å². The summed E-state index contributed by atoms with van der Waals surface area (Å²) in [5, 5.41) is 17.8. The summed E-state index contributed by atoms with van der Waals surface area (Å²) in [6.45, 7) is 8.31. The number of rotatable bonds is 14. The largest absolute Gasteiger partial charge is 0.493 e. The molecule has 176 valence electrons. The maximum absolute atomic E-state index is 12.3. The van der Waals surface area contributed by atoms with Crippen molar-refractivity contribution in [2.75, 3.05) is 26.3 Å². The molecule has 1 rings (SSSR count). The monoisotopic (exact) mass is 449 g/mol. The molecule has 0 aliphatic rings. The lowest BCUT2D eigenvalue weighted by Gasteiger charge is -2.27. The molecule has 0 saturated heterocycles. The second kappa shape index (κ2) is 12.5. The molecule has 1 amide bonds. The Morgan fingerprint density at radius 2 is 1.56 bits per heavy atom. The molecule has 0 atom stereocenters. The van der Waals surface area contributed by atoms with Crippen molar-refractivity contribution in [3.63, 3.8) is 0 Å². The topological polar surface area (TPSA) is 130 Å². The molecule has 0 spiro atoms. The Bertz CT molecular complexity index is 813. The summed E-state index contributed by atoms with van der Waals surface area (Å²) in [6, 6.07) is 7.38. The minimum atomic E-state index is -1.26. The van der Waals surface area contributed by atoms with Crippen LogP contribution in [0, 0.1) is 0 Å². The van der Waals surface area contributed by atoms with Crippen LogP contribution >= 0.6 is 0 Å². The van der Waals surface area contributed by atoms with E-state index in [0.717, 1.165) is 10.5 Å². The normalized spacial score (nSPS) is 10.8. The van der Waals surface area contributed by atoms with Crippen LogP contribution in [0.3, 0.4) is 0 Å². The van der Waals surface area contributed by atoms with Gasteiger partial charge >= 0.3 is 17.9 Å². The third-order valence-electron chi connectivity index (χ3n) is 4.74. The molecule has 2 N–H and O–H groups in total. The highest BCUT2D eigenvalue weighted by Crippen LogP contribution is 2.30. The highest BCUT2D eigenvalue weighted by molar-refractivity contribution is 5.87. The Morgan fingerprint density at radius 3 is 2.06 bits per heavy atom. The first-order chi connectivity index (χ1) is 14.9. The number of ether oxygens (including phenoxy) is 2. The summed E-state index contributed by atoms with van der Waals surface area (Å²) in [5.74, 6) is -2.81. The van der Waals surface area contributed by atoms with Gasteiger partial charge in [0, 0.05) is 18.4 Å². The first kappa shape index (κ1) is 26.7. The van der Waals surface area contributed by atoms with Gasteiger partial charge in [0.05, 0.1) is 13.2 Å². The van der Waals surface area contributed by atoms with Gasteiger partial charge < -0.3 is 24.6 Å². The van der Waals surface area contributed by atoms with Crippen molar-refractivity contribution in [1.29, 1.82) is 0 Å². The maximum Gasteiger partial charge on any atom is 0.333 e. The van der Waals surface area contributed by atoms with Gasteiger partial charge in [-0.3, -0.25) is 14.4 Å². The Labute approximate surface area is 187 Å². The fraction of sp³-hybridized carbons (Fsp3) is 0.478. The first-order valence-corrected chi connectivity index (χ1v) is 10.2. The molecular weight excluding hydrogens is 418 g/mol. The number of aliphatic carboxylic acids is 2. The van der Waals surface area contributed by atoms with Crippen LogP contribution in [0.15, 0.2) is 36.4 Å². The quantitative estimate of drug-likeness (QED) is 0.252. The standard InChI is InChI=1S/C23H31NO8/c1-16(2)22(30)32-13-5-12-31-18-8-6-17(7-9-18)23(3,4)11-10-19(25)24(14-20(26)27)15-21(28)29/h6-9H,1,5,10-15H2,2-4H3,(H,26,27)(H,28,29). The van der Waals surface area contributed by atoms with Crippen molar-refractivity contribution in [2.24, 2.45) is 0 Å². The summed E-state index contributed by atoms with van der Waals surface area (Å²) in [7, 11) is 0. The van der Waals surface area contributed by atoms with Crippen molar-refractivity contribution < 1.29 is 38.9 Å². The molecule has 1 aromatic rings. The first-order valence-electron chi connectivity index (χ1n) is 10.2. The van der Waals surface area contributed by atoms with E-state index in [1.54, 1.807) is 19.1 Å². The number of carbonyl (C=O) groups excluding carboxylic acids is 2. The smallest absolute Gasteiger partial charge is 0.333 e. The van der Waals surface area contributed by atoms with Crippen LogP contribution in [0.2, 0.25) is 0 Å². The summed E-state index contributed by atoms with van der Waals surface area (Å²) >= 11 is 0. The van der Waals surface area contributed by atoms with Gasteiger partial charge in [-0.1, -0.05) is 32.6 Å². The van der Waals surface area contributed by atoms with E-state index in [2.05, 4.69) is 6.58 Å². The number of hydrogen-bond acceptors (Lipinski definition) is 6. The van der Waals surface area contributed by atoms with Gasteiger partial charge in [-0.05, 0) is 36.5 Å². The van der Waals surface area contributed by atoms with Gasteiger partial charge in [-0.15, -0.1) is 0 Å². The fourth-order valence-corrected chi connectivity index (χ4v) is 2.82. The molecule has 0 unspecified atom stereocenters. The number of carbonyl (C=O) groups is 4. The number of hydrogen-bond donors (Lipinski definition) is 2. The third kappa shape index (κ3) is 9.63. The molecule has 0 aromatic heterocycles. The molecular formula is C23H31NO8. The number of nitrogens with zero attached hydrogens (tertiary/aromatic N) is 1. The SMILES string of the molecule is C=C(C)C(=O)OCCCOc1ccc(C(C)(C)CCC(=O)N(CC(=O)O)CC(=O)O)cc1. The molecule has 0 saturated carbocycles. The van der Waals surface area contributed by atoms with Crippen molar-refractivity contribution >= 4 is 23.8 Å². The zero-order chi connectivity index (χ0) is 24.3. The van der Waals surface area contributed by atoms with Crippen molar-refractivity contribution in [2.45, 2.75) is 45.4 Å². The second-order valence-electron chi connectivity index (χ2n) is 8.06. The summed E-state index contributed by atoms with van der Waals surface area (Å²) in [5.41, 5.74) is 0.904. The number of carboxylic acids is 2. The number of benzene rings is 1.